The van der Waals surface area contributed by atoms with Crippen LogP contribution in [-0.2, 0) is 19.8 Å². The minimum Gasteiger partial charge on any atom is -0.379 e. The van der Waals surface area contributed by atoms with E-state index in [1.165, 1.54) is 4.89 Å². The van der Waals surface area contributed by atoms with Gasteiger partial charge in [0.2, 0.25) is 0 Å². The monoisotopic (exact) mass is 264 g/mol. The molecule has 96 valence electrons. The molecule has 1 aliphatic rings. The van der Waals surface area contributed by atoms with E-state index in [0.29, 0.717) is 0 Å². The van der Waals surface area contributed by atoms with Gasteiger partial charge in [-0.15, -0.1) is 0 Å². The number of rotatable bonds is 4. The highest BCUT2D eigenvalue weighted by atomic mass is 32.2. The van der Waals surface area contributed by atoms with Gasteiger partial charge in [0.1, 0.15) is 0 Å². The average Bonchev–Trinajstić information content (AvgIpc) is 2.17. The molecule has 0 unspecified atom stereocenters. The Morgan fingerprint density at radius 2 is 1.88 bits per heavy atom. The maximum absolute atomic E-state index is 11.7. The normalized spacial score (nSPS) is 19.9. The fourth-order valence-electron chi connectivity index (χ4n) is 1.03. The zero-order valence-corrected chi connectivity index (χ0v) is 8.97. The summed E-state index contributed by atoms with van der Waals surface area (Å²) in [6.07, 6.45) is -4.58. The lowest BCUT2D eigenvalue weighted by molar-refractivity contribution is -0.181. The van der Waals surface area contributed by atoms with Crippen LogP contribution in [0.3, 0.4) is 0 Å². The highest BCUT2D eigenvalue weighted by Crippen LogP contribution is 2.14. The van der Waals surface area contributed by atoms with Gasteiger partial charge in [-0.2, -0.15) is 25.9 Å². The largest absolute Gasteiger partial charge is 0.413 e. The Labute approximate surface area is 90.4 Å². The summed E-state index contributed by atoms with van der Waals surface area (Å²) in [5, 5.41) is 0. The van der Waals surface area contributed by atoms with Gasteiger partial charge in [0, 0.05) is 13.1 Å². The number of hydrogen-bond donors (Lipinski definition) is 1. The molecule has 1 fully saturated rings. The van der Waals surface area contributed by atoms with Gasteiger partial charge in [-0.05, 0) is 0 Å². The minimum absolute atomic E-state index is 0.0880. The van der Waals surface area contributed by atoms with Crippen molar-refractivity contribution in [3.63, 3.8) is 0 Å². The lowest BCUT2D eigenvalue weighted by Gasteiger charge is -2.25. The van der Waals surface area contributed by atoms with Gasteiger partial charge in [0.05, 0.1) is 13.2 Å². The molecule has 1 N–H and O–H groups in total. The zero-order chi connectivity index (χ0) is 12.2. The third-order valence-corrected chi connectivity index (χ3v) is 3.08. The predicted octanol–water partition coefficient (Wildman–Crippen LogP) is -0.353. The molecule has 10 heteroatoms. The van der Waals surface area contributed by atoms with Crippen LogP contribution >= 0.6 is 0 Å². The summed E-state index contributed by atoms with van der Waals surface area (Å²) < 4.78 is 63.6. The molecule has 1 heterocycles. The Bertz CT molecular complexity index is 312. The number of hydrogen-bond acceptors (Lipinski definition) is 4. The molecule has 0 amide bonds. The third-order valence-electron chi connectivity index (χ3n) is 1.71. The Morgan fingerprint density at radius 1 is 1.31 bits per heavy atom. The molecular formula is C6H11F3N2O4S. The molecule has 0 aromatic rings. The lowest BCUT2D eigenvalue weighted by atomic mass is 10.5. The van der Waals surface area contributed by atoms with E-state index in [9.17, 15) is 21.6 Å². The lowest BCUT2D eigenvalue weighted by Crippen LogP contribution is -2.47. The van der Waals surface area contributed by atoms with Crippen LogP contribution in [0, 0.1) is 0 Å². The number of nitrogens with one attached hydrogen (secondary N) is 1. The molecule has 0 aromatic carbocycles. The van der Waals surface area contributed by atoms with Gasteiger partial charge >= 0.3 is 16.4 Å². The molecule has 16 heavy (non-hydrogen) atoms. The topological polar surface area (TPSA) is 67.9 Å². The quantitative estimate of drug-likeness (QED) is 0.705. The van der Waals surface area contributed by atoms with E-state index in [4.69, 9.17) is 4.74 Å². The predicted molar refractivity (Wildman–Crippen MR) is 46.5 cm³/mol. The van der Waals surface area contributed by atoms with Crippen LogP contribution in [0.4, 0.5) is 13.2 Å². The van der Waals surface area contributed by atoms with Gasteiger partial charge in [0.25, 0.3) is 0 Å². The van der Waals surface area contributed by atoms with Gasteiger partial charge in [-0.25, -0.2) is 0 Å². The summed E-state index contributed by atoms with van der Waals surface area (Å²) in [5.41, 5.74) is 0. The fourth-order valence-corrected chi connectivity index (χ4v) is 1.97. The Hall–Kier alpha value is -0.420. The van der Waals surface area contributed by atoms with Gasteiger partial charge < -0.3 is 4.74 Å². The van der Waals surface area contributed by atoms with Crippen molar-refractivity contribution in [3.8, 4) is 0 Å². The summed E-state index contributed by atoms with van der Waals surface area (Å²) in [4.78, 5) is 5.28. The first kappa shape index (κ1) is 13.6. The average molecular weight is 264 g/mol. The number of alkyl halides is 3. The molecular weight excluding hydrogens is 253 g/mol. The molecule has 0 saturated carbocycles. The summed E-state index contributed by atoms with van der Waals surface area (Å²) >= 11 is 0. The number of morpholine rings is 1. The Balaban J connectivity index is 2.39. The van der Waals surface area contributed by atoms with Crippen LogP contribution < -0.4 is 4.89 Å². The summed E-state index contributed by atoms with van der Waals surface area (Å²) in [6, 6.07) is 0. The maximum atomic E-state index is 11.7. The maximum Gasteiger partial charge on any atom is 0.413 e. The van der Waals surface area contributed by atoms with Crippen molar-refractivity contribution in [2.24, 2.45) is 0 Å². The molecule has 0 aromatic heterocycles. The highest BCUT2D eigenvalue weighted by Gasteiger charge is 2.30. The molecule has 6 nitrogen and oxygen atoms in total. The van der Waals surface area contributed by atoms with E-state index < -0.39 is 23.0 Å². The first-order chi connectivity index (χ1) is 7.31. The summed E-state index contributed by atoms with van der Waals surface area (Å²) in [7, 11) is -4.02. The van der Waals surface area contributed by atoms with Crippen LogP contribution in [0.25, 0.3) is 0 Å². The number of nitrogens with zero attached hydrogens (tertiary/aromatic N) is 1. The van der Waals surface area contributed by atoms with Crippen LogP contribution in [0.1, 0.15) is 0 Å². The SMILES string of the molecule is O=S(=O)(NOCC(F)(F)F)N1CCOCC1. The van der Waals surface area contributed by atoms with Crippen molar-refractivity contribution < 1.29 is 31.2 Å². The van der Waals surface area contributed by atoms with E-state index >= 15 is 0 Å². The zero-order valence-electron chi connectivity index (χ0n) is 8.16. The fraction of sp³-hybridized carbons (Fsp3) is 1.00. The van der Waals surface area contributed by atoms with E-state index in [2.05, 4.69) is 4.84 Å². The second kappa shape index (κ2) is 5.27. The van der Waals surface area contributed by atoms with Crippen molar-refractivity contribution in [2.75, 3.05) is 32.9 Å². The molecule has 0 spiro atoms. The van der Waals surface area contributed by atoms with E-state index in [0.717, 1.165) is 4.31 Å². The standard InChI is InChI=1S/C6H11F3N2O4S/c7-6(8,9)5-15-10-16(12,13)11-1-3-14-4-2-11/h10H,1-5H2. The smallest absolute Gasteiger partial charge is 0.379 e. The third kappa shape index (κ3) is 4.61. The van der Waals surface area contributed by atoms with Crippen molar-refractivity contribution in [1.82, 2.24) is 9.19 Å². The number of halogens is 3. The highest BCUT2D eigenvalue weighted by molar-refractivity contribution is 7.87. The van der Waals surface area contributed by atoms with Crippen LogP contribution in [0.2, 0.25) is 0 Å². The second-order valence-corrected chi connectivity index (χ2v) is 4.64. The summed E-state index contributed by atoms with van der Waals surface area (Å²) in [5.74, 6) is 0. The molecule has 0 atom stereocenters. The molecule has 0 radical (unpaired) electrons. The van der Waals surface area contributed by atoms with Gasteiger partial charge in [-0.3, -0.25) is 4.84 Å². The molecule has 0 aliphatic carbocycles. The van der Waals surface area contributed by atoms with Crippen molar-refractivity contribution >= 4 is 10.2 Å². The van der Waals surface area contributed by atoms with Crippen molar-refractivity contribution in [2.45, 2.75) is 6.18 Å². The van der Waals surface area contributed by atoms with Crippen LogP contribution in [0.15, 0.2) is 0 Å². The minimum atomic E-state index is -4.58. The molecule has 0 bridgehead atoms. The van der Waals surface area contributed by atoms with Gasteiger partial charge in [0.15, 0.2) is 6.61 Å². The van der Waals surface area contributed by atoms with Crippen molar-refractivity contribution in [1.29, 1.82) is 0 Å². The van der Waals surface area contributed by atoms with Gasteiger partial charge in [-0.1, -0.05) is 4.89 Å². The Kier molecular flexibility index (Phi) is 4.50. The van der Waals surface area contributed by atoms with E-state index in [1.807, 2.05) is 0 Å². The molecule has 1 rings (SSSR count). The summed E-state index contributed by atoms with van der Waals surface area (Å²) in [6.45, 7) is -1.08. The van der Waals surface area contributed by atoms with Crippen LogP contribution in [0.5, 0.6) is 0 Å². The molecule has 1 saturated heterocycles. The van der Waals surface area contributed by atoms with Crippen molar-refractivity contribution in [3.05, 3.63) is 0 Å². The second-order valence-electron chi connectivity index (χ2n) is 3.00. The van der Waals surface area contributed by atoms with E-state index in [1.54, 1.807) is 0 Å². The first-order valence-corrected chi connectivity index (χ1v) is 5.78. The Morgan fingerprint density at radius 3 is 2.38 bits per heavy atom. The molecule has 1 aliphatic heterocycles. The first-order valence-electron chi connectivity index (χ1n) is 4.34. The van der Waals surface area contributed by atoms with E-state index in [-0.39, 0.29) is 26.3 Å². The van der Waals surface area contributed by atoms with Crippen LogP contribution in [-0.4, -0.2) is 51.8 Å². The number of ether oxygens (including phenoxy) is 1.